The van der Waals surface area contributed by atoms with Crippen molar-refractivity contribution in [3.63, 3.8) is 0 Å². The summed E-state index contributed by atoms with van der Waals surface area (Å²) in [6, 6.07) is 20.6. The zero-order valence-corrected chi connectivity index (χ0v) is 18.8. The molecule has 1 saturated carbocycles. The molecule has 3 aliphatic rings. The van der Waals surface area contributed by atoms with Crippen molar-refractivity contribution in [1.29, 1.82) is 0 Å². The van der Waals surface area contributed by atoms with Gasteiger partial charge in [-0.2, -0.15) is 0 Å². The Bertz CT molecular complexity index is 1140. The third kappa shape index (κ3) is 3.80. The predicted octanol–water partition coefficient (Wildman–Crippen LogP) is 6.15. The highest BCUT2D eigenvalue weighted by atomic mass is 16.7. The summed E-state index contributed by atoms with van der Waals surface area (Å²) < 4.78 is 29.9. The molecule has 0 radical (unpaired) electrons. The fourth-order valence-electron chi connectivity index (χ4n) is 5.35. The molecule has 1 fully saturated rings. The highest BCUT2D eigenvalue weighted by Gasteiger charge is 2.39. The lowest BCUT2D eigenvalue weighted by Crippen LogP contribution is -2.33. The number of hydrogen-bond acceptors (Lipinski definition) is 5. The summed E-state index contributed by atoms with van der Waals surface area (Å²) in [5.74, 6) is 3.49. The maximum Gasteiger partial charge on any atom is 0.231 e. The summed E-state index contributed by atoms with van der Waals surface area (Å²) in [6.07, 6.45) is 4.74. The average Bonchev–Trinajstić information content (AvgIpc) is 3.34. The largest absolute Gasteiger partial charge is 0.493 e. The molecule has 3 aromatic carbocycles. The van der Waals surface area contributed by atoms with Crippen molar-refractivity contribution in [2.75, 3.05) is 13.9 Å². The van der Waals surface area contributed by atoms with E-state index < -0.39 is 0 Å². The third-order valence-corrected chi connectivity index (χ3v) is 7.00. The molecule has 2 aliphatic heterocycles. The quantitative estimate of drug-likeness (QED) is 0.472. The van der Waals surface area contributed by atoms with Crippen molar-refractivity contribution in [2.45, 2.75) is 50.4 Å². The lowest BCUT2D eigenvalue weighted by Gasteiger charge is -2.41. The van der Waals surface area contributed by atoms with E-state index in [0.717, 1.165) is 41.2 Å². The molecule has 0 saturated heterocycles. The molecule has 0 spiro atoms. The van der Waals surface area contributed by atoms with Crippen LogP contribution in [0.25, 0.3) is 0 Å². The van der Waals surface area contributed by atoms with Gasteiger partial charge >= 0.3 is 0 Å². The van der Waals surface area contributed by atoms with Crippen molar-refractivity contribution in [3.05, 3.63) is 82.9 Å². The second kappa shape index (κ2) is 8.64. The molecule has 1 aliphatic carbocycles. The zero-order valence-electron chi connectivity index (χ0n) is 18.8. The second-order valence-corrected chi connectivity index (χ2v) is 8.96. The first-order chi connectivity index (χ1) is 16.3. The zero-order chi connectivity index (χ0) is 22.2. The van der Waals surface area contributed by atoms with Crippen molar-refractivity contribution in [3.8, 4) is 23.0 Å². The van der Waals surface area contributed by atoms with E-state index in [1.165, 1.54) is 24.0 Å². The number of rotatable bonds is 5. The molecule has 5 heteroatoms. The highest BCUT2D eigenvalue weighted by Crippen LogP contribution is 2.51. The van der Waals surface area contributed by atoms with Crippen LogP contribution < -0.4 is 18.9 Å². The molecule has 0 aromatic heterocycles. The van der Waals surface area contributed by atoms with Crippen molar-refractivity contribution in [1.82, 2.24) is 0 Å². The maximum atomic E-state index is 6.74. The molecule has 3 atom stereocenters. The smallest absolute Gasteiger partial charge is 0.231 e. The fraction of sp³-hybridized carbons (Fsp3) is 0.357. The lowest BCUT2D eigenvalue weighted by atomic mass is 9.76. The minimum Gasteiger partial charge on any atom is -0.493 e. The van der Waals surface area contributed by atoms with Crippen LogP contribution in [0.3, 0.4) is 0 Å². The van der Waals surface area contributed by atoms with Gasteiger partial charge in [-0.15, -0.1) is 0 Å². The van der Waals surface area contributed by atoms with Crippen LogP contribution in [-0.2, 0) is 11.3 Å². The minimum atomic E-state index is -0.175. The molecule has 6 rings (SSSR count). The standard InChI is InChI=1S/C28H28O5/c1-29-25-13-19(11-12-24(25)30-16-18-7-3-2-4-8-18)28-22-15-27-26(31-17-32-27)14-21(22)20-9-5-6-10-23(20)33-28/h2-4,7-8,11-15,20,23,28H,5-6,9-10,16-17H2,1H3. The Kier molecular flexibility index (Phi) is 5.35. The Morgan fingerprint density at radius 3 is 2.45 bits per heavy atom. The molecule has 0 N–H and O–H groups in total. The predicted molar refractivity (Wildman–Crippen MR) is 124 cm³/mol. The summed E-state index contributed by atoms with van der Waals surface area (Å²) in [5.41, 5.74) is 4.68. The summed E-state index contributed by atoms with van der Waals surface area (Å²) >= 11 is 0. The first-order valence-electron chi connectivity index (χ1n) is 11.7. The SMILES string of the molecule is COc1cc(C2OC3CCCCC3c3cc4c(cc32)OCO4)ccc1OCc1ccccc1. The Hall–Kier alpha value is -3.18. The van der Waals surface area contributed by atoms with Gasteiger partial charge in [0.25, 0.3) is 0 Å². The van der Waals surface area contributed by atoms with Gasteiger partial charge in [0, 0.05) is 5.92 Å². The lowest BCUT2D eigenvalue weighted by molar-refractivity contribution is -0.0390. The van der Waals surface area contributed by atoms with Crippen LogP contribution in [0.15, 0.2) is 60.7 Å². The molecule has 170 valence electrons. The fourth-order valence-corrected chi connectivity index (χ4v) is 5.35. The van der Waals surface area contributed by atoms with Gasteiger partial charge in [-0.05, 0) is 59.4 Å². The number of hydrogen-bond donors (Lipinski definition) is 0. The average molecular weight is 445 g/mol. The first-order valence-corrected chi connectivity index (χ1v) is 11.7. The van der Waals surface area contributed by atoms with E-state index in [1.54, 1.807) is 7.11 Å². The van der Waals surface area contributed by atoms with Crippen LogP contribution in [0.4, 0.5) is 0 Å². The van der Waals surface area contributed by atoms with Crippen molar-refractivity contribution in [2.24, 2.45) is 0 Å². The van der Waals surface area contributed by atoms with Gasteiger partial charge in [-0.3, -0.25) is 0 Å². The van der Waals surface area contributed by atoms with E-state index in [0.29, 0.717) is 18.3 Å². The van der Waals surface area contributed by atoms with Crippen LogP contribution in [0.1, 0.15) is 60.0 Å². The molecule has 0 bridgehead atoms. The number of benzene rings is 3. The van der Waals surface area contributed by atoms with Gasteiger partial charge < -0.3 is 23.7 Å². The normalized spacial score (nSPS) is 22.9. The molecule has 0 amide bonds. The van der Waals surface area contributed by atoms with Gasteiger partial charge in [0.15, 0.2) is 23.0 Å². The number of ether oxygens (including phenoxy) is 5. The van der Waals surface area contributed by atoms with Gasteiger partial charge in [0.2, 0.25) is 6.79 Å². The Labute approximate surface area is 194 Å². The molecule has 3 unspecified atom stereocenters. The van der Waals surface area contributed by atoms with Crippen LogP contribution in [0, 0.1) is 0 Å². The summed E-state index contributed by atoms with van der Waals surface area (Å²) in [7, 11) is 1.68. The molecular formula is C28H28O5. The highest BCUT2D eigenvalue weighted by molar-refractivity contribution is 5.54. The van der Waals surface area contributed by atoms with Gasteiger partial charge in [0.1, 0.15) is 12.7 Å². The minimum absolute atomic E-state index is 0.175. The Morgan fingerprint density at radius 2 is 1.64 bits per heavy atom. The van der Waals surface area contributed by atoms with E-state index in [-0.39, 0.29) is 19.0 Å². The van der Waals surface area contributed by atoms with Crippen LogP contribution in [-0.4, -0.2) is 20.0 Å². The van der Waals surface area contributed by atoms with Gasteiger partial charge in [-0.25, -0.2) is 0 Å². The molecule has 3 aromatic rings. The van der Waals surface area contributed by atoms with E-state index in [4.69, 9.17) is 23.7 Å². The first kappa shape index (κ1) is 20.4. The molecular weight excluding hydrogens is 416 g/mol. The monoisotopic (exact) mass is 444 g/mol. The molecule has 2 heterocycles. The van der Waals surface area contributed by atoms with Crippen molar-refractivity contribution < 1.29 is 23.7 Å². The van der Waals surface area contributed by atoms with Crippen molar-refractivity contribution >= 4 is 0 Å². The maximum absolute atomic E-state index is 6.74. The van der Waals surface area contributed by atoms with Crippen LogP contribution in [0.2, 0.25) is 0 Å². The second-order valence-electron chi connectivity index (χ2n) is 8.96. The van der Waals surface area contributed by atoms with E-state index >= 15 is 0 Å². The molecule has 5 nitrogen and oxygen atoms in total. The van der Waals surface area contributed by atoms with Gasteiger partial charge in [-0.1, -0.05) is 49.2 Å². The summed E-state index contributed by atoms with van der Waals surface area (Å²) in [5, 5.41) is 0. The third-order valence-electron chi connectivity index (χ3n) is 7.00. The van der Waals surface area contributed by atoms with Gasteiger partial charge in [0.05, 0.1) is 13.2 Å². The number of methoxy groups -OCH3 is 1. The Morgan fingerprint density at radius 1 is 0.848 bits per heavy atom. The molecule has 33 heavy (non-hydrogen) atoms. The Balaban J connectivity index is 1.34. The van der Waals surface area contributed by atoms with Crippen LogP contribution >= 0.6 is 0 Å². The topological polar surface area (TPSA) is 46.2 Å². The number of fused-ring (bicyclic) bond motifs is 4. The van der Waals surface area contributed by atoms with E-state index in [2.05, 4.69) is 30.3 Å². The summed E-state index contributed by atoms with van der Waals surface area (Å²) in [4.78, 5) is 0. The van der Waals surface area contributed by atoms with E-state index in [1.807, 2.05) is 30.3 Å². The summed E-state index contributed by atoms with van der Waals surface area (Å²) in [6.45, 7) is 0.770. The van der Waals surface area contributed by atoms with E-state index in [9.17, 15) is 0 Å². The van der Waals surface area contributed by atoms with Crippen LogP contribution in [0.5, 0.6) is 23.0 Å².